The summed E-state index contributed by atoms with van der Waals surface area (Å²) in [7, 11) is 0. The summed E-state index contributed by atoms with van der Waals surface area (Å²) >= 11 is 0. The maximum absolute atomic E-state index is 13.0. The third kappa shape index (κ3) is 3.09. The maximum Gasteiger partial charge on any atom is 0.133 e. The van der Waals surface area contributed by atoms with Gasteiger partial charge in [0.25, 0.3) is 0 Å². The lowest BCUT2D eigenvalue weighted by atomic mass is 10.1. The van der Waals surface area contributed by atoms with Gasteiger partial charge in [-0.05, 0) is 55.8 Å². The first-order valence-electron chi connectivity index (χ1n) is 6.29. The van der Waals surface area contributed by atoms with Crippen LogP contribution in [0.2, 0.25) is 0 Å². The van der Waals surface area contributed by atoms with E-state index in [1.807, 2.05) is 17.9 Å². The molecule has 2 rings (SSSR count). The first-order chi connectivity index (χ1) is 9.11. The van der Waals surface area contributed by atoms with Crippen LogP contribution >= 0.6 is 0 Å². The summed E-state index contributed by atoms with van der Waals surface area (Å²) in [6.45, 7) is 4.43. The summed E-state index contributed by atoms with van der Waals surface area (Å²) in [5, 5.41) is 9.61. The Bertz CT molecular complexity index is 540. The number of aliphatic hydroxyl groups is 1. The second-order valence-corrected chi connectivity index (χ2v) is 4.34. The Balaban J connectivity index is 2.36. The number of aromatic nitrogens is 1. The molecule has 1 heterocycles. The van der Waals surface area contributed by atoms with Crippen LogP contribution in [0, 0.1) is 5.82 Å². The number of pyridine rings is 1. The van der Waals surface area contributed by atoms with Crippen LogP contribution in [0.5, 0.6) is 0 Å². The highest BCUT2D eigenvalue weighted by molar-refractivity contribution is 5.60. The lowest BCUT2D eigenvalue weighted by molar-refractivity contribution is 0.199. The zero-order chi connectivity index (χ0) is 13.8. The summed E-state index contributed by atoms with van der Waals surface area (Å²) in [6.07, 6.45) is 1.14. The molecule has 0 saturated carbocycles. The van der Waals surface area contributed by atoms with Crippen molar-refractivity contribution in [1.29, 1.82) is 0 Å². The molecule has 0 radical (unpaired) electrons. The molecule has 2 aromatic rings. The van der Waals surface area contributed by atoms with E-state index in [1.54, 1.807) is 31.3 Å². The van der Waals surface area contributed by atoms with Gasteiger partial charge in [0.2, 0.25) is 0 Å². The lowest BCUT2D eigenvalue weighted by Gasteiger charge is -2.22. The third-order valence-electron chi connectivity index (χ3n) is 2.98. The SMILES string of the molecule is CCN(c1ccc(F)cc1)c1cc([C@H](C)O)ccn1. The highest BCUT2D eigenvalue weighted by atomic mass is 19.1. The van der Waals surface area contributed by atoms with Crippen LogP contribution in [0.4, 0.5) is 15.9 Å². The maximum atomic E-state index is 13.0. The van der Waals surface area contributed by atoms with E-state index in [0.29, 0.717) is 6.54 Å². The summed E-state index contributed by atoms with van der Waals surface area (Å²) in [5.74, 6) is 0.484. The molecule has 1 N–H and O–H groups in total. The van der Waals surface area contributed by atoms with Crippen molar-refractivity contribution in [2.45, 2.75) is 20.0 Å². The largest absolute Gasteiger partial charge is 0.389 e. The van der Waals surface area contributed by atoms with E-state index < -0.39 is 6.10 Å². The quantitative estimate of drug-likeness (QED) is 0.915. The molecule has 0 spiro atoms. The summed E-state index contributed by atoms with van der Waals surface area (Å²) < 4.78 is 13.0. The average Bonchev–Trinajstić information content (AvgIpc) is 2.42. The summed E-state index contributed by atoms with van der Waals surface area (Å²) in [6, 6.07) is 9.92. The van der Waals surface area contributed by atoms with Gasteiger partial charge in [-0.15, -0.1) is 0 Å². The van der Waals surface area contributed by atoms with E-state index in [1.165, 1.54) is 12.1 Å². The fourth-order valence-corrected chi connectivity index (χ4v) is 1.94. The van der Waals surface area contributed by atoms with Crippen LogP contribution in [-0.2, 0) is 0 Å². The molecule has 100 valence electrons. The van der Waals surface area contributed by atoms with Crippen molar-refractivity contribution in [2.75, 3.05) is 11.4 Å². The lowest BCUT2D eigenvalue weighted by Crippen LogP contribution is -2.17. The Morgan fingerprint density at radius 1 is 1.26 bits per heavy atom. The molecule has 0 saturated heterocycles. The Hall–Kier alpha value is -1.94. The van der Waals surface area contributed by atoms with Crippen LogP contribution in [-0.4, -0.2) is 16.6 Å². The van der Waals surface area contributed by atoms with Crippen LogP contribution in [0.1, 0.15) is 25.5 Å². The van der Waals surface area contributed by atoms with Crippen molar-refractivity contribution in [3.8, 4) is 0 Å². The second-order valence-electron chi connectivity index (χ2n) is 4.34. The zero-order valence-corrected chi connectivity index (χ0v) is 11.0. The first kappa shape index (κ1) is 13.5. The predicted molar refractivity (Wildman–Crippen MR) is 74.0 cm³/mol. The topological polar surface area (TPSA) is 36.4 Å². The number of halogens is 1. The van der Waals surface area contributed by atoms with Crippen LogP contribution in [0.25, 0.3) is 0 Å². The minimum atomic E-state index is -0.534. The molecule has 0 fully saturated rings. The van der Waals surface area contributed by atoms with Gasteiger partial charge < -0.3 is 10.0 Å². The number of benzene rings is 1. The molecule has 19 heavy (non-hydrogen) atoms. The molecule has 0 aliphatic rings. The van der Waals surface area contributed by atoms with E-state index in [2.05, 4.69) is 4.98 Å². The Morgan fingerprint density at radius 3 is 2.53 bits per heavy atom. The number of anilines is 2. The van der Waals surface area contributed by atoms with Gasteiger partial charge in [0, 0.05) is 18.4 Å². The number of hydrogen-bond donors (Lipinski definition) is 1. The molecule has 0 aliphatic heterocycles. The molecule has 0 unspecified atom stereocenters. The molecular formula is C15H17FN2O. The first-order valence-corrected chi connectivity index (χ1v) is 6.29. The van der Waals surface area contributed by atoms with Gasteiger partial charge in [-0.2, -0.15) is 0 Å². The van der Waals surface area contributed by atoms with E-state index in [9.17, 15) is 9.50 Å². The van der Waals surface area contributed by atoms with Gasteiger partial charge in [0.1, 0.15) is 11.6 Å². The minimum Gasteiger partial charge on any atom is -0.389 e. The average molecular weight is 260 g/mol. The molecule has 0 bridgehead atoms. The molecular weight excluding hydrogens is 243 g/mol. The van der Waals surface area contributed by atoms with Gasteiger partial charge >= 0.3 is 0 Å². The van der Waals surface area contributed by atoms with Crippen LogP contribution < -0.4 is 4.90 Å². The summed E-state index contributed by atoms with van der Waals surface area (Å²) in [4.78, 5) is 6.28. The van der Waals surface area contributed by atoms with Crippen molar-refractivity contribution in [3.05, 3.63) is 54.0 Å². The van der Waals surface area contributed by atoms with E-state index >= 15 is 0 Å². The number of nitrogens with zero attached hydrogens (tertiary/aromatic N) is 2. The molecule has 4 heteroatoms. The molecule has 0 amide bonds. The molecule has 3 nitrogen and oxygen atoms in total. The Morgan fingerprint density at radius 2 is 1.95 bits per heavy atom. The number of rotatable bonds is 4. The Labute approximate surface area is 112 Å². The van der Waals surface area contributed by atoms with Crippen molar-refractivity contribution in [3.63, 3.8) is 0 Å². The van der Waals surface area contributed by atoms with Crippen LogP contribution in [0.3, 0.4) is 0 Å². The van der Waals surface area contributed by atoms with E-state index in [0.717, 1.165) is 17.1 Å². The fraction of sp³-hybridized carbons (Fsp3) is 0.267. The molecule has 1 aromatic carbocycles. The highest BCUT2D eigenvalue weighted by Gasteiger charge is 2.10. The van der Waals surface area contributed by atoms with Crippen molar-refractivity contribution < 1.29 is 9.50 Å². The van der Waals surface area contributed by atoms with Crippen molar-refractivity contribution in [2.24, 2.45) is 0 Å². The van der Waals surface area contributed by atoms with Gasteiger partial charge in [-0.1, -0.05) is 0 Å². The molecule has 0 aliphatic carbocycles. The molecule has 1 atom stereocenters. The van der Waals surface area contributed by atoms with Gasteiger partial charge in [0.15, 0.2) is 0 Å². The zero-order valence-electron chi connectivity index (χ0n) is 11.0. The van der Waals surface area contributed by atoms with Crippen molar-refractivity contribution >= 4 is 11.5 Å². The molecule has 1 aromatic heterocycles. The van der Waals surface area contributed by atoms with Gasteiger partial charge in [-0.3, -0.25) is 0 Å². The predicted octanol–water partition coefficient (Wildman–Crippen LogP) is 3.43. The number of hydrogen-bond acceptors (Lipinski definition) is 3. The smallest absolute Gasteiger partial charge is 0.133 e. The standard InChI is InChI=1S/C15H17FN2O/c1-3-18(14-6-4-13(16)5-7-14)15-10-12(11(2)19)8-9-17-15/h4-11,19H,3H2,1-2H3/t11-/m0/s1. The third-order valence-corrected chi connectivity index (χ3v) is 2.98. The highest BCUT2D eigenvalue weighted by Crippen LogP contribution is 2.25. The van der Waals surface area contributed by atoms with E-state index in [4.69, 9.17) is 0 Å². The van der Waals surface area contributed by atoms with E-state index in [-0.39, 0.29) is 5.82 Å². The minimum absolute atomic E-state index is 0.259. The van der Waals surface area contributed by atoms with Gasteiger partial charge in [-0.25, -0.2) is 9.37 Å². The fourth-order valence-electron chi connectivity index (χ4n) is 1.94. The second kappa shape index (κ2) is 5.80. The monoisotopic (exact) mass is 260 g/mol. The summed E-state index contributed by atoms with van der Waals surface area (Å²) in [5.41, 5.74) is 1.68. The van der Waals surface area contributed by atoms with Crippen LogP contribution in [0.15, 0.2) is 42.6 Å². The number of aliphatic hydroxyl groups excluding tert-OH is 1. The Kier molecular flexibility index (Phi) is 4.12. The van der Waals surface area contributed by atoms with Gasteiger partial charge in [0.05, 0.1) is 6.10 Å². The normalized spacial score (nSPS) is 12.2. The van der Waals surface area contributed by atoms with Crippen molar-refractivity contribution in [1.82, 2.24) is 4.98 Å².